The van der Waals surface area contributed by atoms with Crippen LogP contribution < -0.4 is 5.32 Å². The average Bonchev–Trinajstić information content (AvgIpc) is 3.15. The maximum atomic E-state index is 12.1. The number of nitrogens with one attached hydrogen (secondary N) is 1. The van der Waals surface area contributed by atoms with E-state index in [0.29, 0.717) is 6.54 Å². The first-order valence-electron chi connectivity index (χ1n) is 17.5. The molecule has 2 heterocycles. The van der Waals surface area contributed by atoms with Crippen molar-refractivity contribution in [3.8, 4) is 11.1 Å². The van der Waals surface area contributed by atoms with Gasteiger partial charge in [-0.3, -0.25) is 19.4 Å². The van der Waals surface area contributed by atoms with Crippen LogP contribution in [-0.4, -0.2) is 70.7 Å². The molecule has 4 atom stereocenters. The van der Waals surface area contributed by atoms with Crippen LogP contribution >= 0.6 is 0 Å². The first kappa shape index (κ1) is 35.4. The highest BCUT2D eigenvalue weighted by Gasteiger charge is 2.39. The number of nitrogens with zero attached hydrogens (tertiary/aromatic N) is 2. The monoisotopic (exact) mass is 677 g/mol. The highest BCUT2D eigenvalue weighted by molar-refractivity contribution is 5.80. The Bertz CT molecular complexity index is 1710. The number of amides is 1. The van der Waals surface area contributed by atoms with Crippen LogP contribution in [0.15, 0.2) is 103 Å². The minimum Gasteiger partial charge on any atom is -0.481 e. The van der Waals surface area contributed by atoms with Crippen molar-refractivity contribution in [1.82, 2.24) is 15.1 Å². The summed E-state index contributed by atoms with van der Waals surface area (Å²) in [7, 11) is 0. The summed E-state index contributed by atoms with van der Waals surface area (Å²) in [6.07, 6.45) is -1.06. The number of aliphatic hydroxyl groups excluding tert-OH is 1. The fraction of sp³-hybridized carbons (Fsp3) is 0.366. The molecule has 2 fully saturated rings. The third kappa shape index (κ3) is 9.44. The van der Waals surface area contributed by atoms with Crippen LogP contribution in [0.25, 0.3) is 11.1 Å². The first-order chi connectivity index (χ1) is 24.3. The van der Waals surface area contributed by atoms with Gasteiger partial charge in [-0.25, -0.2) is 0 Å². The summed E-state index contributed by atoms with van der Waals surface area (Å²) in [6, 6.07) is 34.8. The lowest BCUT2D eigenvalue weighted by molar-refractivity contribution is -0.276. The van der Waals surface area contributed by atoms with Gasteiger partial charge in [-0.1, -0.05) is 97.9 Å². The van der Waals surface area contributed by atoms with Gasteiger partial charge in [0.2, 0.25) is 5.91 Å². The van der Waals surface area contributed by atoms with E-state index in [-0.39, 0.29) is 43.5 Å². The van der Waals surface area contributed by atoms with Gasteiger partial charge in [-0.15, -0.1) is 0 Å². The molecule has 50 heavy (non-hydrogen) atoms. The standard InChI is InChI=1S/C41H47N3O6/c1-29-37(27-44-21-19-43(20-22-44)26-30-7-3-2-4-8-30)49-41(50-40(29)33-15-13-31(28-45)14-16-33)36-12-6-11-35(24-36)34-10-5-9-32(23-34)25-42-38(46)17-18-39(47)48/h2-16,23-24,29,37,40-41,45H,17-22,25-28H2,1H3,(H,42,46)(H,47,48). The molecule has 4 aromatic carbocycles. The van der Waals surface area contributed by atoms with Crippen LogP contribution in [0.4, 0.5) is 0 Å². The number of benzene rings is 4. The normalized spacial score (nSPS) is 21.5. The molecule has 1 amide bonds. The van der Waals surface area contributed by atoms with Gasteiger partial charge >= 0.3 is 5.97 Å². The number of carbonyl (C=O) groups excluding carboxylic acids is 1. The molecule has 2 aliphatic rings. The molecular weight excluding hydrogens is 630 g/mol. The predicted molar refractivity (Wildman–Crippen MR) is 192 cm³/mol. The quantitative estimate of drug-likeness (QED) is 0.160. The van der Waals surface area contributed by atoms with Gasteiger partial charge in [0.15, 0.2) is 6.29 Å². The molecule has 0 aromatic heterocycles. The van der Waals surface area contributed by atoms with Crippen molar-refractivity contribution in [2.24, 2.45) is 5.92 Å². The number of hydrogen-bond acceptors (Lipinski definition) is 7. The molecule has 2 saturated heterocycles. The van der Waals surface area contributed by atoms with Crippen molar-refractivity contribution >= 4 is 11.9 Å². The zero-order valence-corrected chi connectivity index (χ0v) is 28.6. The summed E-state index contributed by atoms with van der Waals surface area (Å²) in [5.74, 6) is -1.18. The maximum absolute atomic E-state index is 12.1. The van der Waals surface area contributed by atoms with E-state index in [1.807, 2.05) is 48.5 Å². The van der Waals surface area contributed by atoms with E-state index in [1.165, 1.54) is 5.56 Å². The van der Waals surface area contributed by atoms with Gasteiger partial charge in [0, 0.05) is 63.7 Å². The number of carboxylic acid groups (broad SMARTS) is 1. The Labute approximate surface area is 294 Å². The maximum Gasteiger partial charge on any atom is 0.303 e. The molecule has 3 N–H and O–H groups in total. The van der Waals surface area contributed by atoms with Crippen molar-refractivity contribution in [2.75, 3.05) is 32.7 Å². The van der Waals surface area contributed by atoms with Crippen LogP contribution in [0.3, 0.4) is 0 Å². The van der Waals surface area contributed by atoms with Gasteiger partial charge in [0.1, 0.15) is 0 Å². The van der Waals surface area contributed by atoms with Crippen LogP contribution in [0.5, 0.6) is 0 Å². The Kier molecular flexibility index (Phi) is 12.1. The summed E-state index contributed by atoms with van der Waals surface area (Å²) in [6.45, 7) is 8.27. The molecule has 6 rings (SSSR count). The van der Waals surface area contributed by atoms with Crippen LogP contribution in [0, 0.1) is 5.92 Å². The average molecular weight is 678 g/mol. The predicted octanol–water partition coefficient (Wildman–Crippen LogP) is 5.94. The Balaban J connectivity index is 1.17. The second-order valence-corrected chi connectivity index (χ2v) is 13.4. The molecule has 0 spiro atoms. The Morgan fingerprint density at radius 3 is 2.14 bits per heavy atom. The van der Waals surface area contributed by atoms with Crippen molar-refractivity contribution in [2.45, 2.75) is 58.0 Å². The summed E-state index contributed by atoms with van der Waals surface area (Å²) < 4.78 is 13.6. The lowest BCUT2D eigenvalue weighted by Gasteiger charge is -2.44. The van der Waals surface area contributed by atoms with E-state index in [2.05, 4.69) is 76.6 Å². The topological polar surface area (TPSA) is 112 Å². The highest BCUT2D eigenvalue weighted by Crippen LogP contribution is 2.42. The molecule has 4 aromatic rings. The second kappa shape index (κ2) is 17.0. The second-order valence-electron chi connectivity index (χ2n) is 13.4. The fourth-order valence-corrected chi connectivity index (χ4v) is 6.79. The van der Waals surface area contributed by atoms with E-state index in [4.69, 9.17) is 14.6 Å². The van der Waals surface area contributed by atoms with E-state index in [9.17, 15) is 14.7 Å². The molecule has 0 bridgehead atoms. The van der Waals surface area contributed by atoms with E-state index in [1.54, 1.807) is 0 Å². The molecule has 9 heteroatoms. The number of carboxylic acids is 1. The SMILES string of the molecule is CC1C(CN2CCN(Cc3ccccc3)CC2)OC(c2cccc(-c3cccc(CNC(=O)CCC(=O)O)c3)c2)OC1c1ccc(CO)cc1. The number of hydrogen-bond donors (Lipinski definition) is 3. The van der Waals surface area contributed by atoms with Crippen molar-refractivity contribution in [3.63, 3.8) is 0 Å². The third-order valence-corrected chi connectivity index (χ3v) is 9.75. The lowest BCUT2D eigenvalue weighted by Crippen LogP contribution is -2.51. The third-order valence-electron chi connectivity index (χ3n) is 9.75. The van der Waals surface area contributed by atoms with E-state index >= 15 is 0 Å². The molecule has 0 aliphatic carbocycles. The van der Waals surface area contributed by atoms with Crippen LogP contribution in [-0.2, 0) is 38.8 Å². The van der Waals surface area contributed by atoms with E-state index in [0.717, 1.165) is 72.6 Å². The lowest BCUT2D eigenvalue weighted by atomic mass is 9.89. The van der Waals surface area contributed by atoms with Crippen LogP contribution in [0.1, 0.15) is 60.0 Å². The molecule has 0 saturated carbocycles. The Hall–Kier alpha value is -4.38. The zero-order valence-electron chi connectivity index (χ0n) is 28.6. The molecule has 4 unspecified atom stereocenters. The first-order valence-corrected chi connectivity index (χ1v) is 17.5. The van der Waals surface area contributed by atoms with Crippen molar-refractivity contribution in [3.05, 3.63) is 131 Å². The minimum atomic E-state index is -0.989. The largest absolute Gasteiger partial charge is 0.481 e. The smallest absolute Gasteiger partial charge is 0.303 e. The number of aliphatic carboxylic acids is 1. The Morgan fingerprint density at radius 2 is 1.42 bits per heavy atom. The molecule has 2 aliphatic heterocycles. The highest BCUT2D eigenvalue weighted by atomic mass is 16.7. The van der Waals surface area contributed by atoms with Gasteiger partial charge in [0.05, 0.1) is 25.2 Å². The number of piperazine rings is 1. The van der Waals surface area contributed by atoms with Gasteiger partial charge in [-0.05, 0) is 45.5 Å². The van der Waals surface area contributed by atoms with Gasteiger partial charge in [0.25, 0.3) is 0 Å². The van der Waals surface area contributed by atoms with Crippen molar-refractivity contribution in [1.29, 1.82) is 0 Å². The summed E-state index contributed by atoms with van der Waals surface area (Å²) in [4.78, 5) is 27.9. The van der Waals surface area contributed by atoms with Gasteiger partial charge < -0.3 is 25.0 Å². The summed E-state index contributed by atoms with van der Waals surface area (Å²) in [5.41, 5.74) is 7.12. The van der Waals surface area contributed by atoms with E-state index < -0.39 is 12.3 Å². The molecular formula is C41H47N3O6. The van der Waals surface area contributed by atoms with Gasteiger partial charge in [-0.2, -0.15) is 0 Å². The number of ether oxygens (including phenoxy) is 2. The summed E-state index contributed by atoms with van der Waals surface area (Å²) in [5, 5.41) is 21.3. The molecule has 9 nitrogen and oxygen atoms in total. The zero-order chi connectivity index (χ0) is 34.9. The number of rotatable bonds is 13. The number of carbonyl (C=O) groups is 2. The Morgan fingerprint density at radius 1 is 0.740 bits per heavy atom. The molecule has 0 radical (unpaired) electrons. The molecule has 262 valence electrons. The minimum absolute atomic E-state index is 0.00292. The van der Waals surface area contributed by atoms with Crippen molar-refractivity contribution < 1.29 is 29.3 Å². The summed E-state index contributed by atoms with van der Waals surface area (Å²) >= 11 is 0. The fourth-order valence-electron chi connectivity index (χ4n) is 6.79. The van der Waals surface area contributed by atoms with Crippen LogP contribution in [0.2, 0.25) is 0 Å². The number of aliphatic hydroxyl groups is 1.